The van der Waals surface area contributed by atoms with E-state index in [0.717, 1.165) is 44.5 Å². The van der Waals surface area contributed by atoms with Crippen LogP contribution in [-0.2, 0) is 11.2 Å². The van der Waals surface area contributed by atoms with Crippen LogP contribution in [0, 0.1) is 11.7 Å². The van der Waals surface area contributed by atoms with Gasteiger partial charge in [0, 0.05) is 32.6 Å². The number of likely N-dealkylation sites (tertiary alicyclic amines) is 1. The van der Waals surface area contributed by atoms with Crippen molar-refractivity contribution in [3.8, 4) is 0 Å². The number of hydrogen-bond acceptors (Lipinski definition) is 2. The fraction of sp³-hybridized carbons (Fsp3) is 0.611. The number of carbonyl (C=O) groups is 1. The molecule has 1 amide bonds. The summed E-state index contributed by atoms with van der Waals surface area (Å²) in [6.45, 7) is 6.67. The van der Waals surface area contributed by atoms with Gasteiger partial charge in [0.05, 0.1) is 0 Å². The molecule has 0 bridgehead atoms. The molecule has 0 saturated carbocycles. The third-order valence-electron chi connectivity index (χ3n) is 4.77. The van der Waals surface area contributed by atoms with Crippen molar-refractivity contribution >= 4 is 5.91 Å². The van der Waals surface area contributed by atoms with Gasteiger partial charge >= 0.3 is 0 Å². The molecule has 2 rings (SSSR count). The van der Waals surface area contributed by atoms with Crippen LogP contribution in [0.1, 0.15) is 32.3 Å². The van der Waals surface area contributed by atoms with E-state index in [9.17, 15) is 9.18 Å². The molecule has 22 heavy (non-hydrogen) atoms. The number of hydrogen-bond donors (Lipinski definition) is 0. The lowest BCUT2D eigenvalue weighted by Crippen LogP contribution is -2.35. The van der Waals surface area contributed by atoms with Crippen molar-refractivity contribution in [2.45, 2.75) is 39.2 Å². The summed E-state index contributed by atoms with van der Waals surface area (Å²) in [4.78, 5) is 15.7. The second-order valence-electron chi connectivity index (χ2n) is 6.58. The Labute approximate surface area is 133 Å². The lowest BCUT2D eigenvalue weighted by molar-refractivity contribution is -0.127. The van der Waals surface area contributed by atoms with Gasteiger partial charge in [-0.2, -0.15) is 0 Å². The molecule has 0 aromatic heterocycles. The Balaban J connectivity index is 1.75. The highest BCUT2D eigenvalue weighted by Crippen LogP contribution is 2.19. The maximum atomic E-state index is 13.2. The normalized spacial score (nSPS) is 19.7. The molecule has 0 N–H and O–H groups in total. The van der Waals surface area contributed by atoms with Crippen LogP contribution in [0.3, 0.4) is 0 Å². The van der Waals surface area contributed by atoms with Crippen LogP contribution in [-0.4, -0.2) is 48.4 Å². The van der Waals surface area contributed by atoms with Gasteiger partial charge in [0.1, 0.15) is 5.82 Å². The molecule has 1 aromatic carbocycles. The molecule has 1 aromatic rings. The molecule has 0 radical (unpaired) electrons. The summed E-state index contributed by atoms with van der Waals surface area (Å²) in [5.41, 5.74) is 1.06. The number of carbonyl (C=O) groups excluding carboxylic acids is 1. The highest BCUT2D eigenvalue weighted by Gasteiger charge is 2.25. The monoisotopic (exact) mass is 306 g/mol. The maximum absolute atomic E-state index is 13.2. The van der Waals surface area contributed by atoms with Crippen molar-refractivity contribution < 1.29 is 9.18 Å². The van der Waals surface area contributed by atoms with E-state index in [0.29, 0.717) is 12.0 Å². The molecule has 1 heterocycles. The average molecular weight is 306 g/mol. The zero-order valence-corrected chi connectivity index (χ0v) is 13.9. The second kappa shape index (κ2) is 7.73. The van der Waals surface area contributed by atoms with Crippen LogP contribution >= 0.6 is 0 Å². The molecule has 2 atom stereocenters. The smallest absolute Gasteiger partial charge is 0.219 e. The van der Waals surface area contributed by atoms with Gasteiger partial charge in [0.15, 0.2) is 0 Å². The van der Waals surface area contributed by atoms with Crippen LogP contribution in [0.15, 0.2) is 24.3 Å². The van der Waals surface area contributed by atoms with Crippen LogP contribution in [0.4, 0.5) is 4.39 Å². The molecular weight excluding hydrogens is 279 g/mol. The largest absolute Gasteiger partial charge is 0.343 e. The van der Waals surface area contributed by atoms with E-state index in [4.69, 9.17) is 0 Å². The number of halogens is 1. The Kier molecular flexibility index (Phi) is 5.95. The molecule has 1 saturated heterocycles. The first-order chi connectivity index (χ1) is 10.5. The topological polar surface area (TPSA) is 23.6 Å². The number of rotatable bonds is 6. The first kappa shape index (κ1) is 16.9. The van der Waals surface area contributed by atoms with Gasteiger partial charge in [0.25, 0.3) is 0 Å². The fourth-order valence-corrected chi connectivity index (χ4v) is 3.14. The second-order valence-corrected chi connectivity index (χ2v) is 6.58. The van der Waals surface area contributed by atoms with Gasteiger partial charge in [-0.05, 0) is 56.8 Å². The fourth-order valence-electron chi connectivity index (χ4n) is 3.14. The first-order valence-corrected chi connectivity index (χ1v) is 8.16. The zero-order chi connectivity index (χ0) is 16.1. The third kappa shape index (κ3) is 4.80. The Morgan fingerprint density at radius 3 is 2.91 bits per heavy atom. The number of amides is 1. The van der Waals surface area contributed by atoms with Gasteiger partial charge in [-0.25, -0.2) is 4.39 Å². The van der Waals surface area contributed by atoms with Gasteiger partial charge in [-0.3, -0.25) is 4.79 Å². The lowest BCUT2D eigenvalue weighted by atomic mass is 10.0. The van der Waals surface area contributed by atoms with Crippen LogP contribution in [0.25, 0.3) is 0 Å². The van der Waals surface area contributed by atoms with Gasteiger partial charge in [0.2, 0.25) is 5.91 Å². The van der Waals surface area contributed by atoms with E-state index in [1.165, 1.54) is 6.07 Å². The van der Waals surface area contributed by atoms with E-state index in [1.807, 2.05) is 11.0 Å². The minimum Gasteiger partial charge on any atom is -0.343 e. The van der Waals surface area contributed by atoms with Crippen molar-refractivity contribution in [1.29, 1.82) is 0 Å². The summed E-state index contributed by atoms with van der Waals surface area (Å²) in [5.74, 6) is 0.601. The van der Waals surface area contributed by atoms with Crippen molar-refractivity contribution in [2.75, 3.05) is 26.7 Å². The SMILES string of the molecule is CC(=O)N1CC[C@@H](CN(C)[C@@H](C)CCc2cccc(F)c2)C1. The molecule has 0 spiro atoms. The Hall–Kier alpha value is -1.42. The summed E-state index contributed by atoms with van der Waals surface area (Å²) in [6.07, 6.45) is 3.01. The number of aryl methyl sites for hydroxylation is 1. The number of benzene rings is 1. The van der Waals surface area contributed by atoms with Crippen molar-refractivity contribution in [3.05, 3.63) is 35.6 Å². The van der Waals surface area contributed by atoms with Crippen LogP contribution in [0.2, 0.25) is 0 Å². The third-order valence-corrected chi connectivity index (χ3v) is 4.77. The molecular formula is C18H27FN2O. The van der Waals surface area contributed by atoms with Gasteiger partial charge in [-0.15, -0.1) is 0 Å². The van der Waals surface area contributed by atoms with Gasteiger partial charge in [-0.1, -0.05) is 12.1 Å². The summed E-state index contributed by atoms with van der Waals surface area (Å²) in [6, 6.07) is 7.31. The predicted octanol–water partition coefficient (Wildman–Crippen LogP) is 2.95. The summed E-state index contributed by atoms with van der Waals surface area (Å²) >= 11 is 0. The molecule has 3 nitrogen and oxygen atoms in total. The Bertz CT molecular complexity index is 506. The standard InChI is InChI=1S/C18H27FN2O/c1-14(7-8-16-5-4-6-18(19)11-16)20(3)12-17-9-10-21(13-17)15(2)22/h4-6,11,14,17H,7-10,12-13H2,1-3H3/t14-,17-/m0/s1. The van der Waals surface area contributed by atoms with E-state index < -0.39 is 0 Å². The van der Waals surface area contributed by atoms with E-state index in [-0.39, 0.29) is 11.7 Å². The Morgan fingerprint density at radius 2 is 2.27 bits per heavy atom. The summed E-state index contributed by atoms with van der Waals surface area (Å²) in [5, 5.41) is 0. The van der Waals surface area contributed by atoms with E-state index in [2.05, 4.69) is 18.9 Å². The average Bonchev–Trinajstić information content (AvgIpc) is 2.93. The van der Waals surface area contributed by atoms with E-state index >= 15 is 0 Å². The molecule has 0 unspecified atom stereocenters. The van der Waals surface area contributed by atoms with E-state index in [1.54, 1.807) is 19.1 Å². The highest BCUT2D eigenvalue weighted by atomic mass is 19.1. The lowest BCUT2D eigenvalue weighted by Gasteiger charge is -2.27. The highest BCUT2D eigenvalue weighted by molar-refractivity contribution is 5.73. The Morgan fingerprint density at radius 1 is 1.50 bits per heavy atom. The van der Waals surface area contributed by atoms with Crippen molar-refractivity contribution in [2.24, 2.45) is 5.92 Å². The zero-order valence-electron chi connectivity index (χ0n) is 13.9. The molecule has 4 heteroatoms. The minimum absolute atomic E-state index is 0.159. The summed E-state index contributed by atoms with van der Waals surface area (Å²) in [7, 11) is 2.15. The summed E-state index contributed by atoms with van der Waals surface area (Å²) < 4.78 is 13.2. The predicted molar refractivity (Wildman–Crippen MR) is 87.2 cm³/mol. The molecule has 122 valence electrons. The molecule has 1 aliphatic heterocycles. The van der Waals surface area contributed by atoms with Gasteiger partial charge < -0.3 is 9.80 Å². The molecule has 1 aliphatic rings. The van der Waals surface area contributed by atoms with Crippen molar-refractivity contribution in [1.82, 2.24) is 9.80 Å². The van der Waals surface area contributed by atoms with Crippen LogP contribution < -0.4 is 0 Å². The van der Waals surface area contributed by atoms with Crippen LogP contribution in [0.5, 0.6) is 0 Å². The molecule has 1 fully saturated rings. The van der Waals surface area contributed by atoms with Crippen molar-refractivity contribution in [3.63, 3.8) is 0 Å². The quantitative estimate of drug-likeness (QED) is 0.807. The molecule has 0 aliphatic carbocycles. The minimum atomic E-state index is -0.159. The maximum Gasteiger partial charge on any atom is 0.219 e. The first-order valence-electron chi connectivity index (χ1n) is 8.16. The number of nitrogens with zero attached hydrogens (tertiary/aromatic N) is 2.